The minimum Gasteiger partial charge on any atom is -0.505 e. The van der Waals surface area contributed by atoms with Gasteiger partial charge in [-0.1, -0.05) is 80.6 Å². The molecule has 0 radical (unpaired) electrons. The van der Waals surface area contributed by atoms with E-state index in [-0.39, 0.29) is 6.10 Å². The molecule has 0 amide bonds. The minimum absolute atomic E-state index is 0.0209. The first-order valence-electron chi connectivity index (χ1n) is 17.7. The molecule has 0 spiro atoms. The lowest BCUT2D eigenvalue weighted by Gasteiger charge is -2.32. The number of phenols is 1. The van der Waals surface area contributed by atoms with E-state index < -0.39 is 0 Å². The normalized spacial score (nSPS) is 14.2. The number of benzene rings is 5. The summed E-state index contributed by atoms with van der Waals surface area (Å²) < 4.78 is 8.85. The Labute approximate surface area is 291 Å². The van der Waals surface area contributed by atoms with Crippen LogP contribution in [-0.2, 0) is 13.0 Å². The fraction of sp³-hybridized carbons (Fsp3) is 0.318. The van der Waals surface area contributed by atoms with Crippen LogP contribution in [0.5, 0.6) is 11.5 Å². The molecule has 0 fully saturated rings. The molecular formula is C44H49N3O2. The number of likely N-dealkylation sites (N-methyl/N-ethyl adjacent to an activating group) is 2. The van der Waals surface area contributed by atoms with Gasteiger partial charge in [-0.2, -0.15) is 0 Å². The van der Waals surface area contributed by atoms with Crippen LogP contribution in [0.1, 0.15) is 66.2 Å². The van der Waals surface area contributed by atoms with Crippen molar-refractivity contribution in [2.45, 2.75) is 59.6 Å². The number of phenolic OH excluding ortho intramolecular Hbond substituents is 1. The molecule has 5 nitrogen and oxygen atoms in total. The van der Waals surface area contributed by atoms with Crippen LogP contribution in [0.3, 0.4) is 0 Å². The summed E-state index contributed by atoms with van der Waals surface area (Å²) in [6.07, 6.45) is 0.791. The highest BCUT2D eigenvalue weighted by molar-refractivity contribution is 6.09. The number of aryl methyl sites for hydroxylation is 2. The second kappa shape index (κ2) is 13.4. The largest absolute Gasteiger partial charge is 0.505 e. The Balaban J connectivity index is 1.05. The predicted molar refractivity (Wildman–Crippen MR) is 204 cm³/mol. The summed E-state index contributed by atoms with van der Waals surface area (Å²) in [5.41, 5.74) is 13.0. The van der Waals surface area contributed by atoms with E-state index in [1.54, 1.807) is 0 Å². The molecule has 2 heterocycles. The highest BCUT2D eigenvalue weighted by atomic mass is 16.5. The molecule has 1 N–H and O–H groups in total. The molecule has 1 unspecified atom stereocenters. The third-order valence-electron chi connectivity index (χ3n) is 10.3. The van der Waals surface area contributed by atoms with E-state index in [1.807, 2.05) is 0 Å². The smallest absolute Gasteiger partial charge is 0.142 e. The quantitative estimate of drug-likeness (QED) is 0.160. The molecule has 0 aliphatic carbocycles. The summed E-state index contributed by atoms with van der Waals surface area (Å²) in [6.45, 7) is 14.6. The second-order valence-corrected chi connectivity index (χ2v) is 14.5. The Morgan fingerprint density at radius 3 is 2.08 bits per heavy atom. The van der Waals surface area contributed by atoms with Gasteiger partial charge in [0.2, 0.25) is 0 Å². The van der Waals surface area contributed by atoms with Crippen molar-refractivity contribution in [2.75, 3.05) is 33.7 Å². The topological polar surface area (TPSA) is 40.9 Å². The van der Waals surface area contributed by atoms with Crippen LogP contribution in [0.15, 0.2) is 91.0 Å². The number of hydrogen-bond acceptors (Lipinski definition) is 4. The highest BCUT2D eigenvalue weighted by Crippen LogP contribution is 2.48. The van der Waals surface area contributed by atoms with Gasteiger partial charge in [-0.05, 0) is 99.3 Å². The van der Waals surface area contributed by atoms with Gasteiger partial charge in [0.1, 0.15) is 17.6 Å². The van der Waals surface area contributed by atoms with Crippen molar-refractivity contribution >= 4 is 21.8 Å². The summed E-state index contributed by atoms with van der Waals surface area (Å²) in [4.78, 5) is 4.77. The van der Waals surface area contributed by atoms with E-state index in [9.17, 15) is 5.11 Å². The first-order valence-corrected chi connectivity index (χ1v) is 17.7. The molecule has 1 atom stereocenters. The summed E-state index contributed by atoms with van der Waals surface area (Å²) in [6, 6.07) is 32.4. The van der Waals surface area contributed by atoms with Crippen LogP contribution < -0.4 is 4.74 Å². The monoisotopic (exact) mass is 651 g/mol. The van der Waals surface area contributed by atoms with E-state index in [1.165, 1.54) is 44.2 Å². The zero-order valence-corrected chi connectivity index (χ0v) is 30.0. The summed E-state index contributed by atoms with van der Waals surface area (Å²) in [7, 11) is 4.38. The molecule has 0 saturated carbocycles. The average Bonchev–Trinajstić information content (AvgIpc) is 3.42. The van der Waals surface area contributed by atoms with Crippen molar-refractivity contribution in [3.05, 3.63) is 124 Å². The van der Waals surface area contributed by atoms with Crippen molar-refractivity contribution in [3.8, 4) is 28.3 Å². The van der Waals surface area contributed by atoms with Gasteiger partial charge in [-0.25, -0.2) is 0 Å². The van der Waals surface area contributed by atoms with Gasteiger partial charge in [-0.15, -0.1) is 0 Å². The van der Waals surface area contributed by atoms with Crippen LogP contribution in [0.4, 0.5) is 0 Å². The maximum atomic E-state index is 11.7. The number of hydrogen-bond donors (Lipinski definition) is 1. The van der Waals surface area contributed by atoms with Gasteiger partial charge in [0, 0.05) is 53.6 Å². The first-order chi connectivity index (χ1) is 23.6. The molecular weight excluding hydrogens is 603 g/mol. The number of aromatic hydroxyl groups is 1. The molecule has 0 saturated heterocycles. The molecule has 7 rings (SSSR count). The SMILES string of the molecule is Cc1cc(CN(C)CCN(C)CCc2cc(C)cc(-n3c4ccccc4c4ccccc43)c2O)c2c(c1)-c1c(C(C)C)cccc1C(C)O2. The van der Waals surface area contributed by atoms with Gasteiger partial charge in [0.15, 0.2) is 0 Å². The molecule has 1 aliphatic heterocycles. The third-order valence-corrected chi connectivity index (χ3v) is 10.3. The number of rotatable bonds is 10. The molecule has 252 valence electrons. The molecule has 5 aromatic carbocycles. The first kappa shape index (κ1) is 32.9. The number of nitrogens with zero attached hydrogens (tertiary/aromatic N) is 3. The predicted octanol–water partition coefficient (Wildman–Crippen LogP) is 9.96. The van der Waals surface area contributed by atoms with E-state index in [0.29, 0.717) is 11.7 Å². The van der Waals surface area contributed by atoms with Crippen molar-refractivity contribution < 1.29 is 9.84 Å². The number of para-hydroxylation sites is 2. The molecule has 49 heavy (non-hydrogen) atoms. The highest BCUT2D eigenvalue weighted by Gasteiger charge is 2.28. The fourth-order valence-corrected chi connectivity index (χ4v) is 7.76. The van der Waals surface area contributed by atoms with Gasteiger partial charge in [-0.3, -0.25) is 0 Å². The zero-order chi connectivity index (χ0) is 34.4. The van der Waals surface area contributed by atoms with Gasteiger partial charge < -0.3 is 24.2 Å². The van der Waals surface area contributed by atoms with Gasteiger partial charge >= 0.3 is 0 Å². The van der Waals surface area contributed by atoms with E-state index >= 15 is 0 Å². The Morgan fingerprint density at radius 1 is 0.755 bits per heavy atom. The van der Waals surface area contributed by atoms with Crippen LogP contribution in [0, 0.1) is 13.8 Å². The molecule has 1 aromatic heterocycles. The van der Waals surface area contributed by atoms with E-state index in [4.69, 9.17) is 4.74 Å². The van der Waals surface area contributed by atoms with Crippen LogP contribution in [-0.4, -0.2) is 53.2 Å². The van der Waals surface area contributed by atoms with Crippen molar-refractivity contribution in [1.29, 1.82) is 0 Å². The minimum atomic E-state index is 0.0209. The Bertz CT molecular complexity index is 2090. The lowest BCUT2D eigenvalue weighted by atomic mass is 9.84. The Hall–Kier alpha value is -4.58. The summed E-state index contributed by atoms with van der Waals surface area (Å²) in [5.74, 6) is 1.84. The zero-order valence-electron chi connectivity index (χ0n) is 30.0. The van der Waals surface area contributed by atoms with Crippen LogP contribution >= 0.6 is 0 Å². The molecule has 0 bridgehead atoms. The summed E-state index contributed by atoms with van der Waals surface area (Å²) >= 11 is 0. The number of aromatic nitrogens is 1. The molecule has 1 aliphatic rings. The summed E-state index contributed by atoms with van der Waals surface area (Å²) in [5, 5.41) is 14.1. The number of fused-ring (bicyclic) bond motifs is 6. The third kappa shape index (κ3) is 6.22. The lowest BCUT2D eigenvalue weighted by Crippen LogP contribution is -2.32. The van der Waals surface area contributed by atoms with Crippen LogP contribution in [0.25, 0.3) is 38.6 Å². The van der Waals surface area contributed by atoms with Crippen molar-refractivity contribution in [2.24, 2.45) is 0 Å². The Morgan fingerprint density at radius 2 is 1.39 bits per heavy atom. The fourth-order valence-electron chi connectivity index (χ4n) is 7.76. The maximum Gasteiger partial charge on any atom is 0.142 e. The van der Waals surface area contributed by atoms with E-state index in [0.717, 1.165) is 66.2 Å². The molecule has 6 aromatic rings. The van der Waals surface area contributed by atoms with Crippen LogP contribution in [0.2, 0.25) is 0 Å². The van der Waals surface area contributed by atoms with E-state index in [2.05, 4.69) is 154 Å². The Kier molecular flexibility index (Phi) is 8.99. The van der Waals surface area contributed by atoms with Gasteiger partial charge in [0.25, 0.3) is 0 Å². The van der Waals surface area contributed by atoms with Crippen molar-refractivity contribution in [1.82, 2.24) is 14.4 Å². The van der Waals surface area contributed by atoms with Crippen molar-refractivity contribution in [3.63, 3.8) is 0 Å². The van der Waals surface area contributed by atoms with Gasteiger partial charge in [0.05, 0.1) is 16.7 Å². The second-order valence-electron chi connectivity index (χ2n) is 14.5. The lowest BCUT2D eigenvalue weighted by molar-refractivity contribution is 0.212. The standard InChI is InChI=1S/C44H49N3O2/c1-28(2)34-15-12-16-35-31(5)49-44-33(24-29(3)25-38(44)42(34)35)27-46(7)22-21-45(6)20-19-32-23-30(4)26-41(43(32)48)47-39-17-10-8-13-36(39)37-14-9-11-18-40(37)47/h8-18,23-26,28,31,48H,19-22,27H2,1-7H3. The molecule has 5 heteroatoms. The number of ether oxygens (including phenoxy) is 1. The maximum absolute atomic E-state index is 11.7. The average molecular weight is 652 g/mol.